The third-order valence-corrected chi connectivity index (χ3v) is 3.97. The monoisotopic (exact) mass is 406 g/mol. The van der Waals surface area contributed by atoms with Gasteiger partial charge in [0.2, 0.25) is 0 Å². The van der Waals surface area contributed by atoms with Gasteiger partial charge in [-0.05, 0) is 13.8 Å². The van der Waals surface area contributed by atoms with Gasteiger partial charge in [-0.1, -0.05) is 0 Å². The van der Waals surface area contributed by atoms with Crippen LogP contribution in [0.25, 0.3) is 0 Å². The molecule has 112 valence electrons. The second-order valence-corrected chi connectivity index (χ2v) is 6.30. The fourth-order valence-electron chi connectivity index (χ4n) is 2.26. The summed E-state index contributed by atoms with van der Waals surface area (Å²) < 4.78 is 33.3. The van der Waals surface area contributed by atoms with Crippen LogP contribution in [0.3, 0.4) is 0 Å². The van der Waals surface area contributed by atoms with Crippen molar-refractivity contribution >= 4 is 30.4 Å². The van der Waals surface area contributed by atoms with E-state index in [2.05, 4.69) is 21.2 Å². The summed E-state index contributed by atoms with van der Waals surface area (Å²) in [5.41, 5.74) is 0. The average molecular weight is 406 g/mol. The molecule has 0 aromatic rings. The molecule has 2 aliphatic heterocycles. The van der Waals surface area contributed by atoms with Gasteiger partial charge in [0.1, 0.15) is 31.2 Å². The molecular weight excluding hydrogens is 387 g/mol. The van der Waals surface area contributed by atoms with Crippen LogP contribution in [0.1, 0.15) is 13.8 Å². The summed E-state index contributed by atoms with van der Waals surface area (Å²) >= 11 is 2.09. The van der Waals surface area contributed by atoms with E-state index >= 15 is 0 Å². The minimum absolute atomic E-state index is 0.113. The molecule has 2 rings (SSSR count). The van der Waals surface area contributed by atoms with Crippen molar-refractivity contribution in [3.05, 3.63) is 0 Å². The van der Waals surface area contributed by atoms with E-state index in [0.717, 1.165) is 0 Å². The Kier molecular flexibility index (Phi) is 6.15. The molecule has 2 unspecified atom stereocenters. The normalized spacial score (nSPS) is 37.3. The summed E-state index contributed by atoms with van der Waals surface area (Å²) in [4.78, 5) is 0. The van der Waals surface area contributed by atoms with Gasteiger partial charge in [0, 0.05) is 28.3 Å². The van der Waals surface area contributed by atoms with Gasteiger partial charge in [-0.25, -0.2) is 0 Å². The zero-order valence-corrected chi connectivity index (χ0v) is 14.1. The third-order valence-electron chi connectivity index (χ3n) is 3.05. The first kappa shape index (κ1) is 16.2. The Morgan fingerprint density at radius 3 is 2.89 bits per heavy atom. The van der Waals surface area contributed by atoms with Crippen molar-refractivity contribution in [2.45, 2.75) is 44.1 Å². The molecule has 8 heteroatoms. The van der Waals surface area contributed by atoms with Crippen molar-refractivity contribution in [2.24, 2.45) is 0 Å². The first-order valence-corrected chi connectivity index (χ1v) is 9.34. The molecule has 0 amide bonds. The molecule has 4 atom stereocenters. The van der Waals surface area contributed by atoms with Crippen LogP contribution in [0.5, 0.6) is 0 Å². The quantitative estimate of drug-likeness (QED) is 0.289. The van der Waals surface area contributed by atoms with Crippen LogP contribution in [0, 0.1) is 0 Å². The van der Waals surface area contributed by atoms with Crippen molar-refractivity contribution in [1.29, 1.82) is 0 Å². The van der Waals surface area contributed by atoms with Crippen LogP contribution in [0.2, 0.25) is 0 Å². The summed E-state index contributed by atoms with van der Waals surface area (Å²) in [5, 5.41) is 0. The van der Waals surface area contributed by atoms with Gasteiger partial charge in [-0.2, -0.15) is 0 Å². The first-order valence-electron chi connectivity index (χ1n) is 6.05. The molecule has 0 spiro atoms. The Morgan fingerprint density at radius 2 is 2.21 bits per heavy atom. The summed E-state index contributed by atoms with van der Waals surface area (Å²) in [5.74, 6) is -0.607. The third kappa shape index (κ3) is 4.16. The molecule has 2 aliphatic rings. The molecule has 0 radical (unpaired) electrons. The molecule has 6 nitrogen and oxygen atoms in total. The lowest BCUT2D eigenvalue weighted by Gasteiger charge is -2.38. The van der Waals surface area contributed by atoms with E-state index in [0.29, 0.717) is 13.2 Å². The lowest BCUT2D eigenvalue weighted by molar-refractivity contribution is -0.298. The number of fused-ring (bicyclic) bond motifs is 1. The zero-order chi connectivity index (χ0) is 13.9. The van der Waals surface area contributed by atoms with Crippen molar-refractivity contribution in [3.63, 3.8) is 0 Å². The van der Waals surface area contributed by atoms with Crippen molar-refractivity contribution in [1.82, 2.24) is 0 Å². The number of rotatable bonds is 6. The maximum atomic E-state index is 5.92. The van der Waals surface area contributed by atoms with E-state index in [1.54, 1.807) is 7.11 Å². The topological polar surface area (TPSA) is 55.4 Å². The van der Waals surface area contributed by atoms with E-state index in [9.17, 15) is 0 Å². The van der Waals surface area contributed by atoms with E-state index in [1.165, 1.54) is 9.21 Å². The maximum absolute atomic E-state index is 5.92. The number of hydrogen-bond donors (Lipinski definition) is 0. The van der Waals surface area contributed by atoms with E-state index in [1.807, 2.05) is 13.8 Å². The van der Waals surface area contributed by atoms with Crippen LogP contribution < -0.4 is 0 Å². The predicted octanol–water partition coefficient (Wildman–Crippen LogP) is 1.91. The molecule has 19 heavy (non-hydrogen) atoms. The second-order valence-electron chi connectivity index (χ2n) is 4.91. The lowest BCUT2D eigenvalue weighted by Crippen LogP contribution is -2.50. The molecule has 2 fully saturated rings. The zero-order valence-electron chi connectivity index (χ0n) is 11.2. The molecule has 0 N–H and O–H groups in total. The highest BCUT2D eigenvalue weighted by Crippen LogP contribution is 2.37. The highest BCUT2D eigenvalue weighted by atomic mass is 127. The molecule has 0 aromatic carbocycles. The van der Waals surface area contributed by atoms with Crippen LogP contribution in [-0.2, 0) is 27.9 Å². The molecule has 0 aliphatic carbocycles. The van der Waals surface area contributed by atoms with Gasteiger partial charge in [0.25, 0.3) is 0 Å². The summed E-state index contributed by atoms with van der Waals surface area (Å²) in [6, 6.07) is 0. The van der Waals surface area contributed by atoms with Gasteiger partial charge in [0.05, 0.1) is 22.4 Å². The molecule has 0 bridgehead atoms. The van der Waals surface area contributed by atoms with Gasteiger partial charge >= 0.3 is 0 Å². The van der Waals surface area contributed by atoms with Crippen molar-refractivity contribution in [2.75, 3.05) is 27.1 Å². The molecular formula is C11H19IO6S. The van der Waals surface area contributed by atoms with Gasteiger partial charge in [-0.3, -0.25) is 4.18 Å². The smallest absolute Gasteiger partial charge is 0.163 e. The van der Waals surface area contributed by atoms with E-state index in [-0.39, 0.29) is 31.2 Å². The molecule has 0 saturated carbocycles. The van der Waals surface area contributed by atoms with Crippen LogP contribution in [0.4, 0.5) is 0 Å². The largest absolute Gasteiger partial charge is 0.364 e. The number of halogens is 1. The Bertz CT molecular complexity index is 292. The SMILES string of the molecule is COCOCC1O[C@H]2COC(C)(C)O[C@H]2C1OSI. The Balaban J connectivity index is 1.97. The van der Waals surface area contributed by atoms with Gasteiger partial charge in [-0.15, -0.1) is 0 Å². The first-order chi connectivity index (χ1) is 9.07. The fourth-order valence-corrected chi connectivity index (χ4v) is 3.30. The maximum Gasteiger partial charge on any atom is 0.163 e. The number of ether oxygens (including phenoxy) is 5. The highest BCUT2D eigenvalue weighted by molar-refractivity contribution is 14.2. The Hall–Kier alpha value is 0.840. The van der Waals surface area contributed by atoms with E-state index < -0.39 is 5.79 Å². The predicted molar refractivity (Wildman–Crippen MR) is 77.9 cm³/mol. The second kappa shape index (κ2) is 7.21. The summed E-state index contributed by atoms with van der Waals surface area (Å²) in [6.45, 7) is 4.94. The standard InChI is InChI=1S/C11H19IO6S/c1-11(2)15-5-8-9(17-11)10(18-19-12)7(16-8)4-14-6-13-3/h7-10H,4-6H2,1-3H3/t7?,8-,9+,10?/m0/s1. The van der Waals surface area contributed by atoms with Crippen molar-refractivity contribution in [3.8, 4) is 0 Å². The average Bonchev–Trinajstić information content (AvgIpc) is 2.67. The van der Waals surface area contributed by atoms with Crippen LogP contribution in [-0.4, -0.2) is 57.3 Å². The number of methoxy groups -OCH3 is 1. The molecule has 2 saturated heterocycles. The molecule has 2 heterocycles. The fraction of sp³-hybridized carbons (Fsp3) is 1.00. The minimum atomic E-state index is -0.607. The van der Waals surface area contributed by atoms with Crippen LogP contribution in [0.15, 0.2) is 0 Å². The molecule has 0 aromatic heterocycles. The highest BCUT2D eigenvalue weighted by Gasteiger charge is 2.51. The Labute approximate surface area is 129 Å². The van der Waals surface area contributed by atoms with Crippen molar-refractivity contribution < 1.29 is 27.9 Å². The Morgan fingerprint density at radius 1 is 1.42 bits per heavy atom. The number of hydrogen-bond acceptors (Lipinski definition) is 7. The van der Waals surface area contributed by atoms with Crippen LogP contribution >= 0.6 is 30.4 Å². The minimum Gasteiger partial charge on any atom is -0.364 e. The summed E-state index contributed by atoms with van der Waals surface area (Å²) in [7, 11) is 2.87. The lowest BCUT2D eigenvalue weighted by atomic mass is 10.1. The van der Waals surface area contributed by atoms with Gasteiger partial charge in [0.15, 0.2) is 5.79 Å². The summed E-state index contributed by atoms with van der Waals surface area (Å²) in [6.07, 6.45) is -0.600. The van der Waals surface area contributed by atoms with Gasteiger partial charge < -0.3 is 23.7 Å². The van der Waals surface area contributed by atoms with E-state index in [4.69, 9.17) is 27.9 Å².